The Hall–Kier alpha value is -1.93. The van der Waals surface area contributed by atoms with Crippen LogP contribution in [-0.2, 0) is 12.8 Å². The molecule has 0 saturated carbocycles. The number of nitrogens with zero attached hydrogens (tertiary/aromatic N) is 3. The zero-order valence-electron chi connectivity index (χ0n) is 12.1. The van der Waals surface area contributed by atoms with E-state index in [0.29, 0.717) is 11.4 Å². The second kappa shape index (κ2) is 6.23. The molecule has 2 aromatic heterocycles. The average Bonchev–Trinajstić information content (AvgIpc) is 3.06. The molecule has 1 unspecified atom stereocenters. The van der Waals surface area contributed by atoms with E-state index in [1.807, 2.05) is 17.6 Å². The first-order valence-electron chi connectivity index (χ1n) is 7.40. The summed E-state index contributed by atoms with van der Waals surface area (Å²) in [6, 6.07) is 4.41. The van der Waals surface area contributed by atoms with Gasteiger partial charge in [-0.25, -0.2) is 9.97 Å². The molecule has 1 N–H and O–H groups in total. The number of nitriles is 1. The maximum absolute atomic E-state index is 9.39. The van der Waals surface area contributed by atoms with Crippen molar-refractivity contribution in [1.29, 1.82) is 5.26 Å². The lowest BCUT2D eigenvalue weighted by Gasteiger charge is -2.20. The van der Waals surface area contributed by atoms with Crippen LogP contribution in [0, 0.1) is 11.3 Å². The van der Waals surface area contributed by atoms with E-state index in [2.05, 4.69) is 23.3 Å². The molecule has 1 aliphatic carbocycles. The molecule has 2 aromatic rings. The Kier molecular flexibility index (Phi) is 4.16. The molecule has 0 fully saturated rings. The van der Waals surface area contributed by atoms with Crippen molar-refractivity contribution in [3.63, 3.8) is 0 Å². The quantitative estimate of drug-likeness (QED) is 0.931. The third-order valence-corrected chi connectivity index (χ3v) is 4.78. The third kappa shape index (κ3) is 2.91. The van der Waals surface area contributed by atoms with Gasteiger partial charge in [0.2, 0.25) is 0 Å². The van der Waals surface area contributed by atoms with Crippen LogP contribution < -0.4 is 5.32 Å². The summed E-state index contributed by atoms with van der Waals surface area (Å²) >= 11 is 1.63. The summed E-state index contributed by atoms with van der Waals surface area (Å²) in [6.45, 7) is 2.11. The Morgan fingerprint density at radius 3 is 3.00 bits per heavy atom. The summed E-state index contributed by atoms with van der Waals surface area (Å²) in [5.41, 5.74) is 3.04. The van der Waals surface area contributed by atoms with E-state index in [1.165, 1.54) is 18.4 Å². The van der Waals surface area contributed by atoms with Gasteiger partial charge in [-0.3, -0.25) is 0 Å². The zero-order chi connectivity index (χ0) is 14.7. The van der Waals surface area contributed by atoms with Gasteiger partial charge in [0.1, 0.15) is 16.9 Å². The molecule has 0 amide bonds. The van der Waals surface area contributed by atoms with Gasteiger partial charge >= 0.3 is 0 Å². The van der Waals surface area contributed by atoms with Crippen LogP contribution in [0.2, 0.25) is 0 Å². The van der Waals surface area contributed by atoms with Gasteiger partial charge in [-0.15, -0.1) is 11.3 Å². The molecule has 0 radical (unpaired) electrons. The highest BCUT2D eigenvalue weighted by atomic mass is 32.1. The minimum atomic E-state index is 0.117. The molecule has 2 heterocycles. The summed E-state index contributed by atoms with van der Waals surface area (Å²) < 4.78 is 0. The molecule has 4 nitrogen and oxygen atoms in total. The first kappa shape index (κ1) is 14.0. The molecular weight excluding hydrogens is 280 g/mol. The minimum absolute atomic E-state index is 0.117. The summed E-state index contributed by atoms with van der Waals surface area (Å²) in [4.78, 5) is 9.10. The van der Waals surface area contributed by atoms with Gasteiger partial charge in [0.15, 0.2) is 0 Å². The molecule has 108 valence electrons. The van der Waals surface area contributed by atoms with Crippen LogP contribution in [0.3, 0.4) is 0 Å². The highest BCUT2D eigenvalue weighted by Crippen LogP contribution is 2.28. The van der Waals surface area contributed by atoms with Crippen molar-refractivity contribution >= 4 is 17.2 Å². The van der Waals surface area contributed by atoms with Gasteiger partial charge in [0, 0.05) is 17.3 Å². The van der Waals surface area contributed by atoms with Crippen molar-refractivity contribution in [1.82, 2.24) is 9.97 Å². The van der Waals surface area contributed by atoms with Crippen LogP contribution in [0.15, 0.2) is 17.6 Å². The number of aromatic nitrogens is 2. The predicted octanol–water partition coefficient (Wildman–Crippen LogP) is 3.85. The number of thiazole rings is 1. The summed E-state index contributed by atoms with van der Waals surface area (Å²) in [7, 11) is 0. The Labute approximate surface area is 128 Å². The van der Waals surface area contributed by atoms with E-state index in [9.17, 15) is 5.26 Å². The van der Waals surface area contributed by atoms with E-state index in [1.54, 1.807) is 11.3 Å². The van der Waals surface area contributed by atoms with Gasteiger partial charge < -0.3 is 5.32 Å². The first-order chi connectivity index (χ1) is 10.3. The Morgan fingerprint density at radius 1 is 1.43 bits per heavy atom. The maximum Gasteiger partial charge on any atom is 0.144 e. The van der Waals surface area contributed by atoms with Gasteiger partial charge in [0.25, 0.3) is 0 Å². The molecule has 5 heteroatoms. The predicted molar refractivity (Wildman–Crippen MR) is 84.4 cm³/mol. The monoisotopic (exact) mass is 298 g/mol. The van der Waals surface area contributed by atoms with Crippen LogP contribution in [0.5, 0.6) is 0 Å². The minimum Gasteiger partial charge on any atom is -0.360 e. The smallest absolute Gasteiger partial charge is 0.144 e. The second-order valence-electron chi connectivity index (χ2n) is 5.28. The fourth-order valence-corrected chi connectivity index (χ4v) is 3.51. The Balaban J connectivity index is 1.92. The number of hydrogen-bond donors (Lipinski definition) is 1. The molecule has 0 saturated heterocycles. The van der Waals surface area contributed by atoms with Gasteiger partial charge in [-0.05, 0) is 43.7 Å². The van der Waals surface area contributed by atoms with Gasteiger partial charge in [0.05, 0.1) is 11.6 Å². The number of aryl methyl sites for hydroxylation is 2. The summed E-state index contributed by atoms with van der Waals surface area (Å²) in [5.74, 6) is 0.709. The zero-order valence-corrected chi connectivity index (χ0v) is 12.9. The number of anilines is 1. The molecular formula is C16H18N4S. The number of hydrogen-bond acceptors (Lipinski definition) is 5. The lowest BCUT2D eigenvalue weighted by atomic mass is 9.95. The largest absolute Gasteiger partial charge is 0.360 e. The van der Waals surface area contributed by atoms with Crippen LogP contribution in [0.1, 0.15) is 54.1 Å². The van der Waals surface area contributed by atoms with E-state index < -0.39 is 0 Å². The Morgan fingerprint density at radius 2 is 2.29 bits per heavy atom. The van der Waals surface area contributed by atoms with Crippen LogP contribution in [0.4, 0.5) is 5.82 Å². The number of fused-ring (bicyclic) bond motifs is 1. The third-order valence-electron chi connectivity index (χ3n) is 3.89. The SMILES string of the molecule is CCC(Nc1nc2c(cc1C#N)CCCC2)c1nccs1. The normalized spacial score (nSPS) is 15.0. The Bertz CT molecular complexity index is 658. The standard InChI is InChI=1S/C16H18N4S/c1-2-13(16-18-7-8-21-16)19-15-12(10-17)9-11-5-3-4-6-14(11)20-15/h7-9,13H,2-6H2,1H3,(H,19,20). The van der Waals surface area contributed by atoms with E-state index in [4.69, 9.17) is 4.98 Å². The van der Waals surface area contributed by atoms with Crippen molar-refractivity contribution < 1.29 is 0 Å². The number of nitrogens with one attached hydrogen (secondary N) is 1. The van der Waals surface area contributed by atoms with E-state index >= 15 is 0 Å². The van der Waals surface area contributed by atoms with Crippen molar-refractivity contribution in [3.8, 4) is 6.07 Å². The average molecular weight is 298 g/mol. The van der Waals surface area contributed by atoms with Crippen LogP contribution in [-0.4, -0.2) is 9.97 Å². The van der Waals surface area contributed by atoms with Gasteiger partial charge in [-0.1, -0.05) is 6.92 Å². The first-order valence-corrected chi connectivity index (χ1v) is 8.28. The molecule has 1 aliphatic rings. The van der Waals surface area contributed by atoms with Gasteiger partial charge in [-0.2, -0.15) is 5.26 Å². The number of pyridine rings is 1. The fraction of sp³-hybridized carbons (Fsp3) is 0.438. The highest BCUT2D eigenvalue weighted by molar-refractivity contribution is 7.09. The van der Waals surface area contributed by atoms with Crippen molar-refractivity contribution in [2.75, 3.05) is 5.32 Å². The van der Waals surface area contributed by atoms with E-state index in [0.717, 1.165) is 30.0 Å². The van der Waals surface area contributed by atoms with Crippen molar-refractivity contribution in [2.24, 2.45) is 0 Å². The fourth-order valence-electron chi connectivity index (χ4n) is 2.74. The molecule has 0 aliphatic heterocycles. The summed E-state index contributed by atoms with van der Waals surface area (Å²) in [6.07, 6.45) is 7.18. The van der Waals surface area contributed by atoms with Crippen molar-refractivity contribution in [3.05, 3.63) is 39.5 Å². The topological polar surface area (TPSA) is 61.6 Å². The molecule has 21 heavy (non-hydrogen) atoms. The molecule has 3 rings (SSSR count). The summed E-state index contributed by atoms with van der Waals surface area (Å²) in [5, 5.41) is 15.8. The van der Waals surface area contributed by atoms with Crippen LogP contribution >= 0.6 is 11.3 Å². The maximum atomic E-state index is 9.39. The lowest BCUT2D eigenvalue weighted by Crippen LogP contribution is -2.14. The number of rotatable bonds is 4. The molecule has 0 spiro atoms. The van der Waals surface area contributed by atoms with Crippen LogP contribution in [0.25, 0.3) is 0 Å². The van der Waals surface area contributed by atoms with E-state index in [-0.39, 0.29) is 6.04 Å². The van der Waals surface area contributed by atoms with Crippen molar-refractivity contribution in [2.45, 2.75) is 45.1 Å². The molecule has 1 atom stereocenters. The second-order valence-corrected chi connectivity index (χ2v) is 6.21. The molecule has 0 aromatic carbocycles. The molecule has 0 bridgehead atoms. The lowest BCUT2D eigenvalue weighted by molar-refractivity contribution is 0.665. The highest BCUT2D eigenvalue weighted by Gasteiger charge is 2.18.